The van der Waals surface area contributed by atoms with Gasteiger partial charge in [-0.25, -0.2) is 9.97 Å². The number of nitrogens with zero attached hydrogens (tertiary/aromatic N) is 5. The number of aromatic nitrogens is 4. The van der Waals surface area contributed by atoms with Gasteiger partial charge < -0.3 is 23.9 Å². The lowest BCUT2D eigenvalue weighted by molar-refractivity contribution is 0.0783. The fraction of sp³-hybridized carbons (Fsp3) is 0.214. The van der Waals surface area contributed by atoms with Crippen molar-refractivity contribution < 1.29 is 14.3 Å². The van der Waals surface area contributed by atoms with Crippen LogP contribution in [0.3, 0.4) is 0 Å². The van der Waals surface area contributed by atoms with Gasteiger partial charge in [-0.1, -0.05) is 25.1 Å². The van der Waals surface area contributed by atoms with Crippen molar-refractivity contribution in [1.29, 1.82) is 0 Å². The van der Waals surface area contributed by atoms with E-state index in [9.17, 15) is 9.59 Å². The third-order valence-electron chi connectivity index (χ3n) is 6.46. The highest BCUT2D eigenvalue weighted by atomic mass is 16.5. The minimum Gasteiger partial charge on any atom is -0.496 e. The van der Waals surface area contributed by atoms with Gasteiger partial charge in [-0.3, -0.25) is 9.59 Å². The van der Waals surface area contributed by atoms with Crippen LogP contribution in [0.1, 0.15) is 39.2 Å². The van der Waals surface area contributed by atoms with E-state index < -0.39 is 0 Å². The molecule has 0 atom stereocenters. The van der Waals surface area contributed by atoms with Crippen LogP contribution < -0.4 is 10.1 Å². The number of methoxy groups -OCH3 is 1. The zero-order valence-electron chi connectivity index (χ0n) is 21.2. The Bertz CT molecular complexity index is 1630. The number of nitrogens with one attached hydrogen (secondary N) is 1. The van der Waals surface area contributed by atoms with Crippen LogP contribution in [0.15, 0.2) is 67.0 Å². The quantitative estimate of drug-likeness (QED) is 0.362. The minimum absolute atomic E-state index is 0.190. The standard InChI is InChI=1S/C28H28N6O3/c1-5-24-30-21-14-18(28(36)32(2)17-19-16-29-25-12-8-9-13-34(19)25)15-22(26(21)33(24)3)31-27(35)20-10-6-7-11-23(20)37-4/h6-16H,5,17H2,1-4H3,(H,31,35). The Morgan fingerprint density at radius 1 is 1.11 bits per heavy atom. The number of carbonyl (C=O) groups excluding carboxylic acids is 2. The second-order valence-electron chi connectivity index (χ2n) is 8.83. The van der Waals surface area contributed by atoms with Gasteiger partial charge in [0.2, 0.25) is 0 Å². The number of para-hydroxylation sites is 1. The molecule has 9 nitrogen and oxygen atoms in total. The number of ether oxygens (including phenoxy) is 1. The number of benzene rings is 2. The van der Waals surface area contributed by atoms with Gasteiger partial charge in [0.05, 0.1) is 47.8 Å². The molecular formula is C28H28N6O3. The number of rotatable bonds is 7. The molecule has 188 valence electrons. The van der Waals surface area contributed by atoms with E-state index in [0.717, 1.165) is 22.7 Å². The Morgan fingerprint density at radius 2 is 1.89 bits per heavy atom. The van der Waals surface area contributed by atoms with Crippen LogP contribution >= 0.6 is 0 Å². The number of amides is 2. The molecule has 2 aromatic carbocycles. The van der Waals surface area contributed by atoms with Gasteiger partial charge in [0.15, 0.2) is 0 Å². The molecule has 5 aromatic rings. The number of hydrogen-bond donors (Lipinski definition) is 1. The largest absolute Gasteiger partial charge is 0.496 e. The van der Waals surface area contributed by atoms with E-state index in [1.165, 1.54) is 7.11 Å². The molecule has 37 heavy (non-hydrogen) atoms. The summed E-state index contributed by atoms with van der Waals surface area (Å²) in [6, 6.07) is 16.3. The molecule has 1 N–H and O–H groups in total. The number of anilines is 1. The van der Waals surface area contributed by atoms with E-state index in [-0.39, 0.29) is 11.8 Å². The van der Waals surface area contributed by atoms with Crippen LogP contribution in [0.4, 0.5) is 5.69 Å². The van der Waals surface area contributed by atoms with E-state index >= 15 is 0 Å². The molecule has 0 spiro atoms. The Kier molecular flexibility index (Phi) is 6.35. The zero-order valence-corrected chi connectivity index (χ0v) is 21.2. The summed E-state index contributed by atoms with van der Waals surface area (Å²) in [6.07, 6.45) is 4.41. The van der Waals surface area contributed by atoms with Crippen molar-refractivity contribution in [1.82, 2.24) is 23.8 Å². The highest BCUT2D eigenvalue weighted by molar-refractivity contribution is 6.11. The van der Waals surface area contributed by atoms with E-state index in [4.69, 9.17) is 9.72 Å². The first-order valence-corrected chi connectivity index (χ1v) is 12.0. The minimum atomic E-state index is -0.332. The van der Waals surface area contributed by atoms with Crippen molar-refractivity contribution in [3.8, 4) is 5.75 Å². The van der Waals surface area contributed by atoms with Crippen molar-refractivity contribution in [2.45, 2.75) is 19.9 Å². The van der Waals surface area contributed by atoms with Gasteiger partial charge in [-0.05, 0) is 36.4 Å². The normalized spacial score (nSPS) is 11.1. The summed E-state index contributed by atoms with van der Waals surface area (Å²) in [6.45, 7) is 2.39. The molecule has 0 radical (unpaired) electrons. The van der Waals surface area contributed by atoms with Crippen LogP contribution in [0.25, 0.3) is 16.7 Å². The van der Waals surface area contributed by atoms with Gasteiger partial charge >= 0.3 is 0 Å². The first kappa shape index (κ1) is 24.1. The number of carbonyl (C=O) groups is 2. The molecule has 3 heterocycles. The highest BCUT2D eigenvalue weighted by Crippen LogP contribution is 2.29. The third-order valence-corrected chi connectivity index (χ3v) is 6.46. The van der Waals surface area contributed by atoms with Crippen molar-refractivity contribution >= 4 is 34.2 Å². The first-order valence-electron chi connectivity index (χ1n) is 12.0. The Morgan fingerprint density at radius 3 is 2.68 bits per heavy atom. The monoisotopic (exact) mass is 496 g/mol. The Labute approximate surface area is 214 Å². The fourth-order valence-electron chi connectivity index (χ4n) is 4.59. The summed E-state index contributed by atoms with van der Waals surface area (Å²) >= 11 is 0. The van der Waals surface area contributed by atoms with Gasteiger partial charge in [-0.2, -0.15) is 0 Å². The molecule has 0 fully saturated rings. The van der Waals surface area contributed by atoms with Gasteiger partial charge in [0.1, 0.15) is 17.2 Å². The average Bonchev–Trinajstić information content (AvgIpc) is 3.48. The van der Waals surface area contributed by atoms with Crippen LogP contribution in [0.2, 0.25) is 0 Å². The topological polar surface area (TPSA) is 93.8 Å². The summed E-state index contributed by atoms with van der Waals surface area (Å²) in [5, 5.41) is 2.99. The molecule has 2 amide bonds. The van der Waals surface area contributed by atoms with Crippen LogP contribution in [-0.2, 0) is 20.0 Å². The highest BCUT2D eigenvalue weighted by Gasteiger charge is 2.21. The number of pyridine rings is 1. The molecule has 0 saturated heterocycles. The molecule has 0 bridgehead atoms. The lowest BCUT2D eigenvalue weighted by atomic mass is 10.1. The van der Waals surface area contributed by atoms with Crippen molar-refractivity contribution in [2.24, 2.45) is 7.05 Å². The van der Waals surface area contributed by atoms with Crippen LogP contribution in [0.5, 0.6) is 5.75 Å². The van der Waals surface area contributed by atoms with Crippen LogP contribution in [-0.4, -0.2) is 49.8 Å². The SMILES string of the molecule is CCc1nc2cc(C(=O)N(C)Cc3cnc4ccccn34)cc(NC(=O)c3ccccc3OC)c2n1C. The molecule has 3 aromatic heterocycles. The molecule has 0 unspecified atom stereocenters. The molecule has 5 rings (SSSR count). The smallest absolute Gasteiger partial charge is 0.259 e. The summed E-state index contributed by atoms with van der Waals surface area (Å²) in [5.41, 5.74) is 4.45. The fourth-order valence-corrected chi connectivity index (χ4v) is 4.59. The van der Waals surface area contributed by atoms with Crippen molar-refractivity contribution in [3.63, 3.8) is 0 Å². The van der Waals surface area contributed by atoms with E-state index in [1.807, 2.05) is 47.3 Å². The lowest BCUT2D eigenvalue weighted by Crippen LogP contribution is -2.27. The Balaban J connectivity index is 1.51. The van der Waals surface area contributed by atoms with E-state index in [0.29, 0.717) is 41.0 Å². The molecule has 0 aliphatic heterocycles. The number of hydrogen-bond acceptors (Lipinski definition) is 5. The predicted octanol–water partition coefficient (Wildman–Crippen LogP) is 4.32. The molecule has 0 aliphatic carbocycles. The third kappa shape index (κ3) is 4.40. The molecule has 9 heteroatoms. The maximum Gasteiger partial charge on any atom is 0.259 e. The average molecular weight is 497 g/mol. The van der Waals surface area contributed by atoms with Crippen molar-refractivity contribution in [3.05, 3.63) is 89.6 Å². The number of aryl methyl sites for hydroxylation is 2. The van der Waals surface area contributed by atoms with E-state index in [2.05, 4.69) is 10.3 Å². The number of fused-ring (bicyclic) bond motifs is 2. The lowest BCUT2D eigenvalue weighted by Gasteiger charge is -2.18. The molecular weight excluding hydrogens is 468 g/mol. The molecule has 0 saturated carbocycles. The summed E-state index contributed by atoms with van der Waals surface area (Å²) in [5.74, 6) is 0.799. The molecule has 0 aliphatic rings. The van der Waals surface area contributed by atoms with Gasteiger partial charge in [0, 0.05) is 32.3 Å². The van der Waals surface area contributed by atoms with Crippen LogP contribution in [0, 0.1) is 0 Å². The second-order valence-corrected chi connectivity index (χ2v) is 8.83. The summed E-state index contributed by atoms with van der Waals surface area (Å²) < 4.78 is 9.27. The van der Waals surface area contributed by atoms with Crippen molar-refractivity contribution in [2.75, 3.05) is 19.5 Å². The summed E-state index contributed by atoms with van der Waals surface area (Å²) in [4.78, 5) is 37.6. The first-order chi connectivity index (χ1) is 17.9. The zero-order chi connectivity index (χ0) is 26.1. The van der Waals surface area contributed by atoms with Gasteiger partial charge in [0.25, 0.3) is 11.8 Å². The Hall–Kier alpha value is -4.66. The maximum absolute atomic E-state index is 13.5. The summed E-state index contributed by atoms with van der Waals surface area (Å²) in [7, 11) is 5.18. The second kappa shape index (κ2) is 9.77. The predicted molar refractivity (Wildman–Crippen MR) is 142 cm³/mol. The number of imidazole rings is 2. The maximum atomic E-state index is 13.5. The van der Waals surface area contributed by atoms with E-state index in [1.54, 1.807) is 54.5 Å². The van der Waals surface area contributed by atoms with Gasteiger partial charge in [-0.15, -0.1) is 0 Å².